The molecule has 2 N–H and O–H groups in total. The van der Waals surface area contributed by atoms with Crippen LogP contribution >= 0.6 is 0 Å². The van der Waals surface area contributed by atoms with Gasteiger partial charge in [0, 0.05) is 31.7 Å². The van der Waals surface area contributed by atoms with Crippen molar-refractivity contribution in [2.24, 2.45) is 5.73 Å². The normalized spacial score (nSPS) is 30.5. The topological polar surface area (TPSA) is 32.5 Å². The minimum Gasteiger partial charge on any atom is -0.328 e. The van der Waals surface area contributed by atoms with Crippen LogP contribution in [0, 0.1) is 0 Å². The number of hydrogen-bond donors (Lipinski definition) is 1. The Bertz CT molecular complexity index is 134. The molecule has 12 heavy (non-hydrogen) atoms. The van der Waals surface area contributed by atoms with Crippen LogP contribution in [0.4, 0.5) is 0 Å². The number of nitrogens with two attached hydrogens (primary N) is 1. The highest BCUT2D eigenvalue weighted by atomic mass is 15.3. The lowest BCUT2D eigenvalue weighted by Crippen LogP contribution is -2.51. The molecule has 0 aromatic heterocycles. The molecule has 3 heteroatoms. The Kier molecular flexibility index (Phi) is 3.50. The third-order valence-electron chi connectivity index (χ3n) is 2.62. The molecule has 0 aromatic rings. The van der Waals surface area contributed by atoms with E-state index in [0.29, 0.717) is 12.1 Å². The van der Waals surface area contributed by atoms with Gasteiger partial charge in [-0.05, 0) is 27.4 Å². The Balaban J connectivity index is 2.38. The highest BCUT2D eigenvalue weighted by Crippen LogP contribution is 2.10. The zero-order valence-corrected chi connectivity index (χ0v) is 8.45. The zero-order valence-electron chi connectivity index (χ0n) is 8.45. The van der Waals surface area contributed by atoms with E-state index < -0.39 is 0 Å². The average molecular weight is 171 g/mol. The van der Waals surface area contributed by atoms with E-state index in [-0.39, 0.29) is 0 Å². The molecule has 2 unspecified atom stereocenters. The first-order chi connectivity index (χ1) is 5.59. The van der Waals surface area contributed by atoms with E-state index in [0.717, 1.165) is 13.0 Å². The Morgan fingerprint density at radius 3 is 2.67 bits per heavy atom. The molecule has 72 valence electrons. The summed E-state index contributed by atoms with van der Waals surface area (Å²) in [5, 5.41) is 0. The highest BCUT2D eigenvalue weighted by molar-refractivity contribution is 4.80. The molecule has 1 heterocycles. The lowest BCUT2D eigenvalue weighted by atomic mass is 10.1. The van der Waals surface area contributed by atoms with Crippen molar-refractivity contribution in [2.45, 2.75) is 25.4 Å². The van der Waals surface area contributed by atoms with E-state index in [2.05, 4.69) is 30.8 Å². The van der Waals surface area contributed by atoms with Gasteiger partial charge >= 0.3 is 0 Å². The van der Waals surface area contributed by atoms with Gasteiger partial charge in [-0.3, -0.25) is 0 Å². The van der Waals surface area contributed by atoms with Gasteiger partial charge in [-0.2, -0.15) is 0 Å². The third kappa shape index (κ3) is 2.73. The van der Waals surface area contributed by atoms with Gasteiger partial charge in [-0.15, -0.1) is 0 Å². The van der Waals surface area contributed by atoms with Crippen molar-refractivity contribution in [1.29, 1.82) is 0 Å². The van der Waals surface area contributed by atoms with Gasteiger partial charge in [-0.25, -0.2) is 0 Å². The summed E-state index contributed by atoms with van der Waals surface area (Å²) in [6, 6.07) is 0.979. The smallest absolute Gasteiger partial charge is 0.0235 e. The van der Waals surface area contributed by atoms with E-state index in [1.807, 2.05) is 0 Å². The van der Waals surface area contributed by atoms with Gasteiger partial charge in [-0.1, -0.05) is 0 Å². The van der Waals surface area contributed by atoms with Gasteiger partial charge in [0.15, 0.2) is 0 Å². The van der Waals surface area contributed by atoms with E-state index >= 15 is 0 Å². The summed E-state index contributed by atoms with van der Waals surface area (Å²) in [6.45, 7) is 5.61. The molecule has 0 radical (unpaired) electrons. The first-order valence-corrected chi connectivity index (χ1v) is 4.74. The van der Waals surface area contributed by atoms with Gasteiger partial charge < -0.3 is 15.5 Å². The molecule has 2 atom stereocenters. The molecule has 1 aliphatic rings. The highest BCUT2D eigenvalue weighted by Gasteiger charge is 2.22. The molecular formula is C9H21N3. The first-order valence-electron chi connectivity index (χ1n) is 4.74. The molecule has 1 fully saturated rings. The second-order valence-electron chi connectivity index (χ2n) is 4.11. The van der Waals surface area contributed by atoms with Gasteiger partial charge in [0.05, 0.1) is 0 Å². The molecule has 0 bridgehead atoms. The fraction of sp³-hybridized carbons (Fsp3) is 1.00. The second-order valence-corrected chi connectivity index (χ2v) is 4.11. The van der Waals surface area contributed by atoms with Crippen LogP contribution in [0.2, 0.25) is 0 Å². The van der Waals surface area contributed by atoms with Crippen molar-refractivity contribution >= 4 is 0 Å². The van der Waals surface area contributed by atoms with E-state index in [1.54, 1.807) is 0 Å². The fourth-order valence-electron chi connectivity index (χ4n) is 1.79. The van der Waals surface area contributed by atoms with Crippen LogP contribution in [0.15, 0.2) is 0 Å². The van der Waals surface area contributed by atoms with Crippen molar-refractivity contribution in [3.8, 4) is 0 Å². The maximum absolute atomic E-state index is 5.79. The average Bonchev–Trinajstić information content (AvgIpc) is 1.96. The zero-order chi connectivity index (χ0) is 9.14. The summed E-state index contributed by atoms with van der Waals surface area (Å²) >= 11 is 0. The van der Waals surface area contributed by atoms with Crippen LogP contribution in [0.3, 0.4) is 0 Å². The summed E-state index contributed by atoms with van der Waals surface area (Å²) in [5.41, 5.74) is 5.79. The van der Waals surface area contributed by atoms with Crippen molar-refractivity contribution in [3.63, 3.8) is 0 Å². The predicted octanol–water partition coefficient (Wildman–Crippen LogP) is -0.0305. The molecule has 0 aromatic carbocycles. The summed E-state index contributed by atoms with van der Waals surface area (Å²) < 4.78 is 0. The summed E-state index contributed by atoms with van der Waals surface area (Å²) in [5.74, 6) is 0. The number of hydrogen-bond acceptors (Lipinski definition) is 3. The largest absolute Gasteiger partial charge is 0.328 e. The maximum Gasteiger partial charge on any atom is 0.0235 e. The lowest BCUT2D eigenvalue weighted by Gasteiger charge is -2.38. The Morgan fingerprint density at radius 1 is 1.42 bits per heavy atom. The van der Waals surface area contributed by atoms with Crippen molar-refractivity contribution in [3.05, 3.63) is 0 Å². The second kappa shape index (κ2) is 4.21. The summed E-state index contributed by atoms with van der Waals surface area (Å²) in [6.07, 6.45) is 1.11. The predicted molar refractivity (Wildman–Crippen MR) is 52.2 cm³/mol. The minimum atomic E-state index is 0.323. The Morgan fingerprint density at radius 2 is 2.08 bits per heavy atom. The van der Waals surface area contributed by atoms with Crippen LogP contribution in [0.5, 0.6) is 0 Å². The van der Waals surface area contributed by atoms with E-state index in [4.69, 9.17) is 5.73 Å². The van der Waals surface area contributed by atoms with Crippen molar-refractivity contribution in [2.75, 3.05) is 33.7 Å². The summed E-state index contributed by atoms with van der Waals surface area (Å²) in [7, 11) is 4.38. The van der Waals surface area contributed by atoms with Crippen LogP contribution in [-0.4, -0.2) is 55.6 Å². The van der Waals surface area contributed by atoms with Crippen LogP contribution in [-0.2, 0) is 0 Å². The molecule has 1 aliphatic heterocycles. The van der Waals surface area contributed by atoms with Crippen molar-refractivity contribution in [1.82, 2.24) is 9.80 Å². The number of rotatable bonds is 2. The molecule has 0 spiro atoms. The van der Waals surface area contributed by atoms with Crippen molar-refractivity contribution < 1.29 is 0 Å². The number of nitrogens with zero attached hydrogens (tertiary/aromatic N) is 2. The number of likely N-dealkylation sites (N-methyl/N-ethyl adjacent to an activating group) is 2. The lowest BCUT2D eigenvalue weighted by molar-refractivity contribution is 0.105. The Hall–Kier alpha value is -0.120. The molecular weight excluding hydrogens is 150 g/mol. The molecule has 1 rings (SSSR count). The fourth-order valence-corrected chi connectivity index (χ4v) is 1.79. The SMILES string of the molecule is CC(N)CC1CN(C)CCN1C. The molecule has 0 amide bonds. The van der Waals surface area contributed by atoms with E-state index in [1.165, 1.54) is 13.1 Å². The molecule has 3 nitrogen and oxygen atoms in total. The molecule has 0 aliphatic carbocycles. The standard InChI is InChI=1S/C9H21N3/c1-8(10)6-9-7-11(2)4-5-12(9)3/h8-9H,4-7,10H2,1-3H3. The number of piperazine rings is 1. The van der Waals surface area contributed by atoms with Gasteiger partial charge in [0.2, 0.25) is 0 Å². The Labute approximate surface area is 75.5 Å². The molecule has 0 saturated carbocycles. The maximum atomic E-state index is 5.79. The van der Waals surface area contributed by atoms with Crippen LogP contribution < -0.4 is 5.73 Å². The quantitative estimate of drug-likeness (QED) is 0.633. The van der Waals surface area contributed by atoms with Crippen LogP contribution in [0.25, 0.3) is 0 Å². The third-order valence-corrected chi connectivity index (χ3v) is 2.62. The summed E-state index contributed by atoms with van der Waals surface area (Å²) in [4.78, 5) is 4.80. The van der Waals surface area contributed by atoms with Gasteiger partial charge in [0.25, 0.3) is 0 Å². The van der Waals surface area contributed by atoms with E-state index in [9.17, 15) is 0 Å². The minimum absolute atomic E-state index is 0.323. The molecule has 1 saturated heterocycles. The monoisotopic (exact) mass is 171 g/mol. The van der Waals surface area contributed by atoms with Gasteiger partial charge in [0.1, 0.15) is 0 Å². The van der Waals surface area contributed by atoms with Crippen LogP contribution in [0.1, 0.15) is 13.3 Å². The first kappa shape index (κ1) is 9.96.